The van der Waals surface area contributed by atoms with Gasteiger partial charge in [0.15, 0.2) is 5.78 Å². The Hall–Kier alpha value is -3.58. The first-order chi connectivity index (χ1) is 15.5. The SMILES string of the molecule is COc1ccc2c(c1)[C@]1(C(=O)N2)[C@@H](C(=O)c2cccnc2)[C@@H](c2ccc(F)cc2)CN1C. The molecule has 162 valence electrons. The maximum Gasteiger partial charge on any atom is 0.250 e. The van der Waals surface area contributed by atoms with Gasteiger partial charge >= 0.3 is 0 Å². The number of methoxy groups -OCH3 is 1. The van der Waals surface area contributed by atoms with E-state index in [1.165, 1.54) is 18.3 Å². The van der Waals surface area contributed by atoms with E-state index in [4.69, 9.17) is 4.74 Å². The van der Waals surface area contributed by atoms with Crippen molar-refractivity contribution in [3.05, 3.63) is 89.5 Å². The van der Waals surface area contributed by atoms with Crippen molar-refractivity contribution < 1.29 is 18.7 Å². The quantitative estimate of drug-likeness (QED) is 0.639. The molecule has 3 aromatic rings. The van der Waals surface area contributed by atoms with Crippen molar-refractivity contribution in [2.75, 3.05) is 26.0 Å². The number of carbonyl (C=O) groups excluding carboxylic acids is 2. The lowest BCUT2D eigenvalue weighted by atomic mass is 9.70. The Morgan fingerprint density at radius 1 is 1.22 bits per heavy atom. The molecule has 2 aliphatic rings. The monoisotopic (exact) mass is 431 g/mol. The number of ether oxygens (including phenoxy) is 1. The number of hydrogen-bond donors (Lipinski definition) is 1. The fraction of sp³-hybridized carbons (Fsp3) is 0.240. The predicted octanol–water partition coefficient (Wildman–Crippen LogP) is 3.61. The fourth-order valence-electron chi connectivity index (χ4n) is 5.24. The second kappa shape index (κ2) is 7.53. The topological polar surface area (TPSA) is 71.5 Å². The van der Waals surface area contributed by atoms with Gasteiger partial charge in [0.1, 0.15) is 17.1 Å². The number of rotatable bonds is 4. The summed E-state index contributed by atoms with van der Waals surface area (Å²) in [5.74, 6) is -1.24. The van der Waals surface area contributed by atoms with Crippen LogP contribution in [0.5, 0.6) is 5.75 Å². The lowest BCUT2D eigenvalue weighted by Gasteiger charge is -2.35. The molecule has 3 heterocycles. The summed E-state index contributed by atoms with van der Waals surface area (Å²) in [6.45, 7) is 0.451. The normalized spacial score (nSPS) is 24.4. The molecule has 2 aliphatic heterocycles. The second-order valence-electron chi connectivity index (χ2n) is 8.25. The summed E-state index contributed by atoms with van der Waals surface area (Å²) in [7, 11) is 3.41. The molecule has 0 radical (unpaired) electrons. The second-order valence-corrected chi connectivity index (χ2v) is 8.25. The maximum absolute atomic E-state index is 14.0. The zero-order valence-corrected chi connectivity index (χ0v) is 17.7. The van der Waals surface area contributed by atoms with E-state index < -0.39 is 11.5 Å². The van der Waals surface area contributed by atoms with E-state index in [0.29, 0.717) is 29.1 Å². The van der Waals surface area contributed by atoms with Crippen molar-refractivity contribution in [3.63, 3.8) is 0 Å². The number of fused-ring (bicyclic) bond motifs is 2. The molecule has 1 spiro atoms. The van der Waals surface area contributed by atoms with Crippen LogP contribution >= 0.6 is 0 Å². The van der Waals surface area contributed by atoms with E-state index in [2.05, 4.69) is 10.3 Å². The molecule has 0 bridgehead atoms. The highest BCUT2D eigenvalue weighted by Crippen LogP contribution is 2.56. The van der Waals surface area contributed by atoms with Crippen LogP contribution in [0.25, 0.3) is 0 Å². The van der Waals surface area contributed by atoms with Gasteiger partial charge in [0.2, 0.25) is 5.91 Å². The van der Waals surface area contributed by atoms with Crippen LogP contribution < -0.4 is 10.1 Å². The first-order valence-electron chi connectivity index (χ1n) is 10.4. The lowest BCUT2D eigenvalue weighted by molar-refractivity contribution is -0.126. The van der Waals surface area contributed by atoms with Crippen LogP contribution in [0.3, 0.4) is 0 Å². The molecule has 0 aliphatic carbocycles. The molecule has 3 atom stereocenters. The molecular weight excluding hydrogens is 409 g/mol. The molecule has 5 rings (SSSR count). The number of amides is 1. The highest BCUT2D eigenvalue weighted by molar-refractivity contribution is 6.12. The third-order valence-corrected chi connectivity index (χ3v) is 6.68. The van der Waals surface area contributed by atoms with Gasteiger partial charge in [0.05, 0.1) is 13.0 Å². The van der Waals surface area contributed by atoms with Gasteiger partial charge < -0.3 is 10.1 Å². The summed E-state index contributed by atoms with van der Waals surface area (Å²) in [6, 6.07) is 15.0. The van der Waals surface area contributed by atoms with Crippen LogP contribution in [0.15, 0.2) is 67.0 Å². The van der Waals surface area contributed by atoms with E-state index in [1.54, 1.807) is 49.7 Å². The Kier molecular flexibility index (Phi) is 4.78. The number of benzene rings is 2. The van der Waals surface area contributed by atoms with E-state index >= 15 is 0 Å². The Bertz CT molecular complexity index is 1200. The number of aromatic nitrogens is 1. The summed E-state index contributed by atoms with van der Waals surface area (Å²) in [5, 5.41) is 2.97. The third kappa shape index (κ3) is 2.85. The summed E-state index contributed by atoms with van der Waals surface area (Å²) in [4.78, 5) is 33.6. The standard InChI is InChI=1S/C25H22FN3O3/c1-29-14-19(15-5-7-17(26)8-6-15)22(23(30)16-4-3-11-27-13-16)25(29)20-12-18(32-2)9-10-21(20)28-24(25)31/h3-13,19,22H,14H2,1-2H3,(H,28,31)/t19-,22-,25-/m1/s1. The number of likely N-dealkylation sites (N-methyl/N-ethyl adjacent to an activating group) is 1. The average Bonchev–Trinajstić information content (AvgIpc) is 3.29. The number of likely N-dealkylation sites (tertiary alicyclic amines) is 1. The molecule has 1 N–H and O–H groups in total. The van der Waals surface area contributed by atoms with Gasteiger partial charge in [-0.2, -0.15) is 0 Å². The molecule has 6 nitrogen and oxygen atoms in total. The minimum Gasteiger partial charge on any atom is -0.497 e. The summed E-state index contributed by atoms with van der Waals surface area (Å²) < 4.78 is 19.1. The summed E-state index contributed by atoms with van der Waals surface area (Å²) in [6.07, 6.45) is 3.13. The van der Waals surface area contributed by atoms with Gasteiger partial charge in [0, 0.05) is 41.7 Å². The number of halogens is 1. The predicted molar refractivity (Wildman–Crippen MR) is 117 cm³/mol. The number of hydrogen-bond acceptors (Lipinski definition) is 5. The number of nitrogens with one attached hydrogen (secondary N) is 1. The van der Waals surface area contributed by atoms with Gasteiger partial charge in [-0.05, 0) is 55.1 Å². The number of ketones is 1. The van der Waals surface area contributed by atoms with Gasteiger partial charge in [-0.25, -0.2) is 4.39 Å². The third-order valence-electron chi connectivity index (χ3n) is 6.68. The molecule has 1 amide bonds. The van der Waals surface area contributed by atoms with Gasteiger partial charge in [0.25, 0.3) is 0 Å². The largest absolute Gasteiger partial charge is 0.497 e. The van der Waals surface area contributed by atoms with Gasteiger partial charge in [-0.1, -0.05) is 12.1 Å². The minimum absolute atomic E-state index is 0.178. The van der Waals surface area contributed by atoms with E-state index in [9.17, 15) is 14.0 Å². The molecule has 2 aromatic carbocycles. The molecule has 1 aromatic heterocycles. The van der Waals surface area contributed by atoms with Crippen LogP contribution in [0.2, 0.25) is 0 Å². The number of anilines is 1. The zero-order valence-electron chi connectivity index (χ0n) is 17.7. The maximum atomic E-state index is 14.0. The first kappa shape index (κ1) is 20.3. The first-order valence-corrected chi connectivity index (χ1v) is 10.4. The summed E-state index contributed by atoms with van der Waals surface area (Å²) in [5.41, 5.74) is 1.38. The van der Waals surface area contributed by atoms with Crippen molar-refractivity contribution >= 4 is 17.4 Å². The van der Waals surface area contributed by atoms with Crippen molar-refractivity contribution in [2.24, 2.45) is 5.92 Å². The van der Waals surface area contributed by atoms with Gasteiger partial charge in [-0.3, -0.25) is 19.5 Å². The van der Waals surface area contributed by atoms with E-state index in [0.717, 1.165) is 5.56 Å². The van der Waals surface area contributed by atoms with Crippen LogP contribution in [-0.4, -0.2) is 42.3 Å². The van der Waals surface area contributed by atoms with Crippen LogP contribution in [-0.2, 0) is 10.3 Å². The van der Waals surface area contributed by atoms with E-state index in [-0.39, 0.29) is 23.4 Å². The molecule has 32 heavy (non-hydrogen) atoms. The molecular formula is C25H22FN3O3. The number of nitrogens with zero attached hydrogens (tertiary/aromatic N) is 2. The summed E-state index contributed by atoms with van der Waals surface area (Å²) >= 11 is 0. The Morgan fingerprint density at radius 2 is 2.00 bits per heavy atom. The van der Waals surface area contributed by atoms with Gasteiger partial charge in [-0.15, -0.1) is 0 Å². The molecule has 7 heteroatoms. The number of carbonyl (C=O) groups is 2. The van der Waals surface area contributed by atoms with Crippen LogP contribution in [0.1, 0.15) is 27.4 Å². The Balaban J connectivity index is 1.74. The Morgan fingerprint density at radius 3 is 2.69 bits per heavy atom. The fourth-order valence-corrected chi connectivity index (χ4v) is 5.24. The van der Waals surface area contributed by atoms with Crippen molar-refractivity contribution in [2.45, 2.75) is 11.5 Å². The molecule has 0 saturated carbocycles. The number of Topliss-reactive ketones (excluding diaryl/α,β-unsaturated/α-hetero) is 1. The lowest BCUT2D eigenvalue weighted by Crippen LogP contribution is -2.51. The molecule has 0 unspecified atom stereocenters. The van der Waals surface area contributed by atoms with Crippen molar-refractivity contribution in [1.29, 1.82) is 0 Å². The zero-order chi connectivity index (χ0) is 22.5. The smallest absolute Gasteiger partial charge is 0.250 e. The van der Waals surface area contributed by atoms with Crippen LogP contribution in [0.4, 0.5) is 10.1 Å². The number of pyridine rings is 1. The Labute approximate surface area is 185 Å². The molecule has 1 fully saturated rings. The van der Waals surface area contributed by atoms with E-state index in [1.807, 2.05) is 18.0 Å². The highest BCUT2D eigenvalue weighted by atomic mass is 19.1. The molecule has 1 saturated heterocycles. The average molecular weight is 431 g/mol. The van der Waals surface area contributed by atoms with Crippen molar-refractivity contribution in [3.8, 4) is 5.75 Å². The van der Waals surface area contributed by atoms with Crippen LogP contribution in [0, 0.1) is 11.7 Å². The van der Waals surface area contributed by atoms with Crippen molar-refractivity contribution in [1.82, 2.24) is 9.88 Å². The minimum atomic E-state index is -1.23. The highest BCUT2D eigenvalue weighted by Gasteiger charge is 2.64.